The van der Waals surface area contributed by atoms with Crippen LogP contribution in [-0.4, -0.2) is 38.9 Å². The number of aryl methyl sites for hydroxylation is 1. The van der Waals surface area contributed by atoms with E-state index in [1.807, 2.05) is 11.5 Å². The molecule has 3 heterocycles. The summed E-state index contributed by atoms with van der Waals surface area (Å²) in [6.07, 6.45) is 0. The van der Waals surface area contributed by atoms with Gasteiger partial charge in [0.1, 0.15) is 5.82 Å². The van der Waals surface area contributed by atoms with E-state index in [-0.39, 0.29) is 12.7 Å². The van der Waals surface area contributed by atoms with Crippen LogP contribution in [0.4, 0.5) is 0 Å². The number of hydrogen-bond donors (Lipinski definition) is 0. The molecule has 1 aromatic carbocycles. The number of rotatable bonds is 1. The number of carbonyl (C=O) groups is 1. The molecule has 0 saturated carbocycles. The van der Waals surface area contributed by atoms with Crippen LogP contribution in [0.25, 0.3) is 0 Å². The lowest BCUT2D eigenvalue weighted by molar-refractivity contribution is 0.0706. The number of fused-ring (bicyclic) bond motifs is 2. The second-order valence-electron chi connectivity index (χ2n) is 5.23. The molecule has 2 aromatic rings. The Balaban J connectivity index is 1.62. The minimum Gasteiger partial charge on any atom is -0.454 e. The van der Waals surface area contributed by atoms with E-state index in [0.717, 1.165) is 11.6 Å². The first-order valence-corrected chi connectivity index (χ1v) is 7.28. The van der Waals surface area contributed by atoms with Crippen molar-refractivity contribution in [1.29, 1.82) is 0 Å². The van der Waals surface area contributed by atoms with Gasteiger partial charge in [0, 0.05) is 18.7 Å². The third kappa shape index (κ3) is 2.00. The van der Waals surface area contributed by atoms with Gasteiger partial charge < -0.3 is 18.9 Å². The summed E-state index contributed by atoms with van der Waals surface area (Å²) in [7, 11) is 0. The van der Waals surface area contributed by atoms with Crippen molar-refractivity contribution in [2.45, 2.75) is 20.0 Å². The molecule has 4 rings (SSSR count). The zero-order chi connectivity index (χ0) is 15.3. The molecule has 0 bridgehead atoms. The number of nitrogens with zero attached hydrogens (tertiary/aromatic N) is 4. The van der Waals surface area contributed by atoms with Crippen molar-refractivity contribution in [1.82, 2.24) is 19.7 Å². The van der Waals surface area contributed by atoms with Gasteiger partial charge in [-0.25, -0.2) is 0 Å². The molecule has 2 aliphatic heterocycles. The summed E-state index contributed by atoms with van der Waals surface area (Å²) in [6.45, 7) is 3.77. The van der Waals surface area contributed by atoms with Gasteiger partial charge in [0.2, 0.25) is 6.79 Å². The highest BCUT2D eigenvalue weighted by Crippen LogP contribution is 2.40. The maximum atomic E-state index is 12.7. The number of aromatic nitrogens is 3. The number of benzene rings is 1. The van der Waals surface area contributed by atoms with E-state index in [1.54, 1.807) is 17.0 Å². The van der Waals surface area contributed by atoms with Crippen LogP contribution in [0.15, 0.2) is 12.1 Å². The predicted octanol–water partition coefficient (Wildman–Crippen LogP) is 1.62. The molecular formula is C14H13ClN4O3. The Hall–Kier alpha value is -2.28. The van der Waals surface area contributed by atoms with Crippen LogP contribution in [0.1, 0.15) is 22.0 Å². The molecule has 0 unspecified atom stereocenters. The Bertz CT molecular complexity index is 774. The molecule has 1 amide bonds. The molecule has 1 aromatic heterocycles. The highest BCUT2D eigenvalue weighted by molar-refractivity contribution is 6.32. The Kier molecular flexibility index (Phi) is 2.97. The molecule has 7 nitrogen and oxygen atoms in total. The van der Waals surface area contributed by atoms with E-state index in [2.05, 4.69) is 10.2 Å². The van der Waals surface area contributed by atoms with Crippen molar-refractivity contribution in [3.8, 4) is 11.5 Å². The molecule has 0 N–H and O–H groups in total. The lowest BCUT2D eigenvalue weighted by atomic mass is 10.1. The predicted molar refractivity (Wildman–Crippen MR) is 77.1 cm³/mol. The summed E-state index contributed by atoms with van der Waals surface area (Å²) in [5, 5.41) is 8.53. The average Bonchev–Trinajstić information content (AvgIpc) is 3.13. The van der Waals surface area contributed by atoms with Gasteiger partial charge in [0.25, 0.3) is 5.91 Å². The SMILES string of the molecule is Cc1nnc2n1CCN(C(=O)c1cc(Cl)c3c(c1)OCO3)C2. The van der Waals surface area contributed by atoms with Gasteiger partial charge in [0.05, 0.1) is 11.6 Å². The van der Waals surface area contributed by atoms with E-state index in [1.165, 1.54) is 0 Å². The standard InChI is InChI=1S/C14H13ClN4O3/c1-8-16-17-12-6-18(2-3-19(8)12)14(20)9-4-10(15)13-11(5-9)21-7-22-13/h4-5H,2-3,6-7H2,1H3. The summed E-state index contributed by atoms with van der Waals surface area (Å²) in [4.78, 5) is 14.4. The van der Waals surface area contributed by atoms with Crippen LogP contribution < -0.4 is 9.47 Å². The van der Waals surface area contributed by atoms with Crippen LogP contribution in [0.5, 0.6) is 11.5 Å². The third-order valence-corrected chi connectivity index (χ3v) is 4.18. The normalized spacial score (nSPS) is 15.8. The van der Waals surface area contributed by atoms with Gasteiger partial charge in [0.15, 0.2) is 17.3 Å². The number of ether oxygens (including phenoxy) is 2. The van der Waals surface area contributed by atoms with E-state index in [9.17, 15) is 4.79 Å². The second kappa shape index (κ2) is 4.88. The lowest BCUT2D eigenvalue weighted by Gasteiger charge is -2.27. The first kappa shape index (κ1) is 13.4. The first-order chi connectivity index (χ1) is 10.6. The number of carbonyl (C=O) groups excluding carboxylic acids is 1. The molecule has 0 saturated heterocycles. The number of halogens is 1. The van der Waals surface area contributed by atoms with E-state index < -0.39 is 0 Å². The highest BCUT2D eigenvalue weighted by atomic mass is 35.5. The van der Waals surface area contributed by atoms with Crippen LogP contribution in [0, 0.1) is 6.92 Å². The summed E-state index contributed by atoms with van der Waals surface area (Å²) in [6, 6.07) is 3.28. The molecule has 0 fully saturated rings. The Morgan fingerprint density at radius 1 is 1.27 bits per heavy atom. The Morgan fingerprint density at radius 2 is 2.14 bits per heavy atom. The van der Waals surface area contributed by atoms with Crippen molar-refractivity contribution in [2.24, 2.45) is 0 Å². The van der Waals surface area contributed by atoms with Crippen LogP contribution in [-0.2, 0) is 13.1 Å². The third-order valence-electron chi connectivity index (χ3n) is 3.90. The van der Waals surface area contributed by atoms with Gasteiger partial charge in [-0.15, -0.1) is 10.2 Å². The van der Waals surface area contributed by atoms with Crippen molar-refractivity contribution < 1.29 is 14.3 Å². The maximum Gasteiger partial charge on any atom is 0.254 e. The van der Waals surface area contributed by atoms with Gasteiger partial charge in [-0.1, -0.05) is 11.6 Å². The molecule has 2 aliphatic rings. The summed E-state index contributed by atoms with van der Waals surface area (Å²) >= 11 is 6.14. The zero-order valence-corrected chi connectivity index (χ0v) is 12.6. The minimum atomic E-state index is -0.105. The van der Waals surface area contributed by atoms with Crippen LogP contribution >= 0.6 is 11.6 Å². The largest absolute Gasteiger partial charge is 0.454 e. The molecule has 0 aliphatic carbocycles. The van der Waals surface area contributed by atoms with E-state index >= 15 is 0 Å². The van der Waals surface area contributed by atoms with Crippen molar-refractivity contribution >= 4 is 17.5 Å². The van der Waals surface area contributed by atoms with E-state index in [4.69, 9.17) is 21.1 Å². The maximum absolute atomic E-state index is 12.7. The smallest absolute Gasteiger partial charge is 0.254 e. The summed E-state index contributed by atoms with van der Waals surface area (Å²) in [5.74, 6) is 2.56. The summed E-state index contributed by atoms with van der Waals surface area (Å²) in [5.41, 5.74) is 0.485. The topological polar surface area (TPSA) is 69.5 Å². The minimum absolute atomic E-state index is 0.105. The van der Waals surface area contributed by atoms with Gasteiger partial charge in [-0.05, 0) is 19.1 Å². The van der Waals surface area contributed by atoms with Crippen molar-refractivity contribution in [3.05, 3.63) is 34.4 Å². The number of hydrogen-bond acceptors (Lipinski definition) is 5. The van der Waals surface area contributed by atoms with Crippen LogP contribution in [0.3, 0.4) is 0 Å². The van der Waals surface area contributed by atoms with Gasteiger partial charge in [-0.3, -0.25) is 4.79 Å². The monoisotopic (exact) mass is 320 g/mol. The van der Waals surface area contributed by atoms with Gasteiger partial charge >= 0.3 is 0 Å². The van der Waals surface area contributed by atoms with Crippen molar-refractivity contribution in [3.63, 3.8) is 0 Å². The molecule has 114 valence electrons. The van der Waals surface area contributed by atoms with Crippen LogP contribution in [0.2, 0.25) is 5.02 Å². The van der Waals surface area contributed by atoms with Crippen molar-refractivity contribution in [2.75, 3.05) is 13.3 Å². The zero-order valence-electron chi connectivity index (χ0n) is 11.9. The molecule has 22 heavy (non-hydrogen) atoms. The molecule has 8 heteroatoms. The average molecular weight is 321 g/mol. The summed E-state index contributed by atoms with van der Waals surface area (Å²) < 4.78 is 12.6. The Morgan fingerprint density at radius 3 is 3.00 bits per heavy atom. The van der Waals surface area contributed by atoms with E-state index in [0.29, 0.717) is 41.7 Å². The fourth-order valence-electron chi connectivity index (χ4n) is 2.75. The highest BCUT2D eigenvalue weighted by Gasteiger charge is 2.27. The molecule has 0 radical (unpaired) electrons. The second-order valence-corrected chi connectivity index (χ2v) is 5.64. The molecule has 0 atom stereocenters. The fourth-order valence-corrected chi connectivity index (χ4v) is 3.02. The van der Waals surface area contributed by atoms with Gasteiger partial charge in [-0.2, -0.15) is 0 Å². The number of amides is 1. The lowest BCUT2D eigenvalue weighted by Crippen LogP contribution is -2.38. The molecular weight excluding hydrogens is 308 g/mol. The Labute approximate surface area is 131 Å². The molecule has 0 spiro atoms. The fraction of sp³-hybridized carbons (Fsp3) is 0.357. The first-order valence-electron chi connectivity index (χ1n) is 6.90. The quantitative estimate of drug-likeness (QED) is 0.798.